The van der Waals surface area contributed by atoms with Gasteiger partial charge < -0.3 is 10.2 Å². The quantitative estimate of drug-likeness (QED) is 0.336. The van der Waals surface area contributed by atoms with E-state index in [2.05, 4.69) is 37.4 Å². The van der Waals surface area contributed by atoms with Crippen LogP contribution < -0.4 is 5.32 Å². The van der Waals surface area contributed by atoms with Crippen molar-refractivity contribution in [2.24, 2.45) is 0 Å². The Labute approximate surface area is 218 Å². The molecule has 3 rings (SSSR count). The molecule has 0 unspecified atom stereocenters. The number of halogens is 1. The second-order valence-electron chi connectivity index (χ2n) is 9.13. The summed E-state index contributed by atoms with van der Waals surface area (Å²) in [6, 6.07) is 21.6. The molecule has 0 saturated heterocycles. The normalized spacial score (nSPS) is 11.7. The van der Waals surface area contributed by atoms with Crippen LogP contribution in [0.25, 0.3) is 0 Å². The van der Waals surface area contributed by atoms with Gasteiger partial charge in [-0.1, -0.05) is 78.7 Å². The Kier molecular flexibility index (Phi) is 10.6. The number of hydrogen-bond donors (Lipinski definition) is 1. The van der Waals surface area contributed by atoms with Gasteiger partial charge in [0.25, 0.3) is 0 Å². The maximum Gasteiger partial charge on any atom is 0.243 e. The average Bonchev–Trinajstić information content (AvgIpc) is 2.85. The summed E-state index contributed by atoms with van der Waals surface area (Å²) in [6.45, 7) is 6.92. The minimum atomic E-state index is -0.668. The lowest BCUT2D eigenvalue weighted by atomic mass is 10.0. The van der Waals surface area contributed by atoms with Crippen molar-refractivity contribution in [3.8, 4) is 0 Å². The van der Waals surface area contributed by atoms with E-state index < -0.39 is 6.04 Å². The zero-order valence-corrected chi connectivity index (χ0v) is 22.1. The van der Waals surface area contributed by atoms with Crippen LogP contribution in [-0.4, -0.2) is 35.1 Å². The molecule has 3 aromatic carbocycles. The van der Waals surface area contributed by atoms with Gasteiger partial charge in [-0.3, -0.25) is 9.59 Å². The zero-order valence-electron chi connectivity index (χ0n) is 21.3. The second-order valence-corrected chi connectivity index (χ2v) is 10.1. The smallest absolute Gasteiger partial charge is 0.243 e. The van der Waals surface area contributed by atoms with Crippen LogP contribution in [0.5, 0.6) is 0 Å². The van der Waals surface area contributed by atoms with Gasteiger partial charge in [-0.05, 0) is 49.1 Å². The van der Waals surface area contributed by atoms with E-state index in [1.54, 1.807) is 28.8 Å². The first kappa shape index (κ1) is 27.5. The van der Waals surface area contributed by atoms with Gasteiger partial charge in [0, 0.05) is 25.3 Å². The molecule has 190 valence electrons. The molecule has 0 radical (unpaired) electrons. The van der Waals surface area contributed by atoms with E-state index in [1.807, 2.05) is 37.3 Å². The number of carbonyl (C=O) groups excluding carboxylic acids is 2. The molecule has 1 atom stereocenters. The van der Waals surface area contributed by atoms with Crippen molar-refractivity contribution in [3.63, 3.8) is 0 Å². The van der Waals surface area contributed by atoms with Crippen LogP contribution in [0.1, 0.15) is 41.2 Å². The SMILES string of the molecule is CCCNC(=O)[C@@H](Cc1ccccc1)N(Cc1ccc(F)cc1)C(=O)CSCc1cc(C)cc(C)c1. The Hall–Kier alpha value is -3.12. The van der Waals surface area contributed by atoms with Crippen LogP contribution in [0.4, 0.5) is 4.39 Å². The van der Waals surface area contributed by atoms with Crippen molar-refractivity contribution >= 4 is 23.6 Å². The zero-order chi connectivity index (χ0) is 25.9. The van der Waals surface area contributed by atoms with Gasteiger partial charge in [0.1, 0.15) is 11.9 Å². The van der Waals surface area contributed by atoms with Crippen molar-refractivity contribution in [3.05, 3.63) is 106 Å². The fourth-order valence-corrected chi connectivity index (χ4v) is 5.04. The highest BCUT2D eigenvalue weighted by molar-refractivity contribution is 7.99. The molecule has 0 spiro atoms. The number of aryl methyl sites for hydroxylation is 2. The summed E-state index contributed by atoms with van der Waals surface area (Å²) in [7, 11) is 0. The van der Waals surface area contributed by atoms with Crippen molar-refractivity contribution in [2.45, 2.75) is 52.0 Å². The molecule has 0 saturated carbocycles. The summed E-state index contributed by atoms with van der Waals surface area (Å²) in [4.78, 5) is 28.5. The summed E-state index contributed by atoms with van der Waals surface area (Å²) in [5.74, 6) is 0.351. The van der Waals surface area contributed by atoms with Gasteiger partial charge >= 0.3 is 0 Å². The Morgan fingerprint density at radius 2 is 1.58 bits per heavy atom. The molecular formula is C30H35FN2O2S. The van der Waals surface area contributed by atoms with Crippen LogP contribution in [0.2, 0.25) is 0 Å². The Morgan fingerprint density at radius 1 is 0.917 bits per heavy atom. The Morgan fingerprint density at radius 3 is 2.22 bits per heavy atom. The van der Waals surface area contributed by atoms with Gasteiger partial charge in [0.2, 0.25) is 11.8 Å². The number of benzene rings is 3. The predicted molar refractivity (Wildman–Crippen MR) is 146 cm³/mol. The molecule has 0 aliphatic heterocycles. The molecular weight excluding hydrogens is 471 g/mol. The molecule has 1 N–H and O–H groups in total. The highest BCUT2D eigenvalue weighted by Gasteiger charge is 2.30. The van der Waals surface area contributed by atoms with E-state index in [1.165, 1.54) is 28.8 Å². The molecule has 0 aromatic heterocycles. The van der Waals surface area contributed by atoms with Crippen molar-refractivity contribution in [1.29, 1.82) is 0 Å². The van der Waals surface area contributed by atoms with E-state index in [4.69, 9.17) is 0 Å². The standard InChI is InChI=1S/C30H35FN2O2S/c1-4-14-32-30(35)28(18-24-8-6-5-7-9-24)33(19-25-10-12-27(31)13-11-25)29(34)21-36-20-26-16-22(2)15-23(3)17-26/h5-13,15-17,28H,4,14,18-21H2,1-3H3,(H,32,35)/t28-/m1/s1. The van der Waals surface area contributed by atoms with E-state index in [0.717, 1.165) is 17.5 Å². The number of rotatable bonds is 12. The number of carbonyl (C=O) groups is 2. The molecule has 4 nitrogen and oxygen atoms in total. The lowest BCUT2D eigenvalue weighted by molar-refractivity contribution is -0.139. The molecule has 0 heterocycles. The second kappa shape index (κ2) is 13.8. The average molecular weight is 507 g/mol. The molecule has 0 aliphatic rings. The van der Waals surface area contributed by atoms with Crippen LogP contribution in [-0.2, 0) is 28.3 Å². The molecule has 3 aromatic rings. The summed E-state index contributed by atoms with van der Waals surface area (Å²) in [5, 5.41) is 2.98. The fraction of sp³-hybridized carbons (Fsp3) is 0.333. The largest absolute Gasteiger partial charge is 0.354 e. The number of thioether (sulfide) groups is 1. The van der Waals surface area contributed by atoms with E-state index in [9.17, 15) is 14.0 Å². The third-order valence-corrected chi connectivity index (χ3v) is 6.85. The third-order valence-electron chi connectivity index (χ3n) is 5.86. The maximum atomic E-state index is 13.6. The first-order valence-corrected chi connectivity index (χ1v) is 13.5. The predicted octanol–water partition coefficient (Wildman–Crippen LogP) is 5.84. The first-order chi connectivity index (χ1) is 17.4. The molecule has 0 bridgehead atoms. The van der Waals surface area contributed by atoms with Crippen LogP contribution in [0, 0.1) is 19.7 Å². The van der Waals surface area contributed by atoms with Crippen LogP contribution >= 0.6 is 11.8 Å². The topological polar surface area (TPSA) is 49.4 Å². The van der Waals surface area contributed by atoms with Gasteiger partial charge in [-0.2, -0.15) is 0 Å². The Balaban J connectivity index is 1.83. The number of amides is 2. The first-order valence-electron chi connectivity index (χ1n) is 12.4. The highest BCUT2D eigenvalue weighted by atomic mass is 32.2. The van der Waals surface area contributed by atoms with E-state index >= 15 is 0 Å². The van der Waals surface area contributed by atoms with Crippen LogP contribution in [0.15, 0.2) is 72.8 Å². The maximum absolute atomic E-state index is 13.6. The summed E-state index contributed by atoms with van der Waals surface area (Å²) < 4.78 is 13.5. The van der Waals surface area contributed by atoms with Crippen molar-refractivity contribution in [1.82, 2.24) is 10.2 Å². The van der Waals surface area contributed by atoms with Gasteiger partial charge in [0.15, 0.2) is 0 Å². The number of nitrogens with zero attached hydrogens (tertiary/aromatic N) is 1. The van der Waals surface area contributed by atoms with Crippen LogP contribution in [0.3, 0.4) is 0 Å². The summed E-state index contributed by atoms with van der Waals surface area (Å²) in [5.41, 5.74) is 5.34. The molecule has 0 aliphatic carbocycles. The molecule has 6 heteroatoms. The summed E-state index contributed by atoms with van der Waals surface area (Å²) in [6.07, 6.45) is 1.21. The van der Waals surface area contributed by atoms with Crippen molar-refractivity contribution < 1.29 is 14.0 Å². The number of hydrogen-bond acceptors (Lipinski definition) is 3. The minimum absolute atomic E-state index is 0.110. The van der Waals surface area contributed by atoms with E-state index in [0.29, 0.717) is 18.7 Å². The Bertz CT molecular complexity index is 1120. The highest BCUT2D eigenvalue weighted by Crippen LogP contribution is 2.20. The fourth-order valence-electron chi connectivity index (χ4n) is 4.20. The third kappa shape index (κ3) is 8.52. The number of nitrogens with one attached hydrogen (secondary N) is 1. The van der Waals surface area contributed by atoms with Crippen molar-refractivity contribution in [2.75, 3.05) is 12.3 Å². The lowest BCUT2D eigenvalue weighted by Crippen LogP contribution is -2.51. The minimum Gasteiger partial charge on any atom is -0.354 e. The molecule has 2 amide bonds. The molecule has 36 heavy (non-hydrogen) atoms. The van der Waals surface area contributed by atoms with Gasteiger partial charge in [-0.15, -0.1) is 11.8 Å². The van der Waals surface area contributed by atoms with E-state index in [-0.39, 0.29) is 29.9 Å². The molecule has 0 fully saturated rings. The van der Waals surface area contributed by atoms with Gasteiger partial charge in [0.05, 0.1) is 5.75 Å². The lowest BCUT2D eigenvalue weighted by Gasteiger charge is -2.31. The van der Waals surface area contributed by atoms with Gasteiger partial charge in [-0.25, -0.2) is 4.39 Å². The summed E-state index contributed by atoms with van der Waals surface area (Å²) >= 11 is 1.54. The monoisotopic (exact) mass is 506 g/mol.